The summed E-state index contributed by atoms with van der Waals surface area (Å²) in [6.45, 7) is 7.46. The lowest BCUT2D eigenvalue weighted by Crippen LogP contribution is -2.30. The van der Waals surface area contributed by atoms with Crippen LogP contribution in [0.2, 0.25) is 0 Å². The van der Waals surface area contributed by atoms with E-state index in [4.69, 9.17) is 9.47 Å². The molecule has 2 aromatic carbocycles. The molecule has 194 valence electrons. The van der Waals surface area contributed by atoms with E-state index in [1.54, 1.807) is 50.3 Å². The number of thiazole rings is 1. The summed E-state index contributed by atoms with van der Waals surface area (Å²) in [5.74, 6) is -1.97. The number of aliphatic hydroxyl groups excluding tert-OH is 1. The number of aromatic nitrogens is 1. The SMILES string of the molecule is C=CCOc1ccc(C2C(C(=O)/C=C/c3ccccc3)=C(O)C(=O)N2c2nc(C)c(C(=O)OCC)s2)cc1. The molecule has 2 heterocycles. The number of aliphatic hydroxyl groups is 1. The van der Waals surface area contributed by atoms with E-state index in [2.05, 4.69) is 11.6 Å². The first-order chi connectivity index (χ1) is 18.3. The molecule has 4 rings (SSSR count). The van der Waals surface area contributed by atoms with Gasteiger partial charge in [-0.05, 0) is 43.2 Å². The standard InChI is InChI=1S/C29H26N2O6S/c1-4-17-37-21-14-12-20(13-15-21)24-23(22(32)16-11-19-9-7-6-8-10-19)25(33)27(34)31(24)29-30-18(3)26(38-29)28(35)36-5-2/h4,6-16,24,33H,1,5,17H2,2-3H3/b16-11+. The molecule has 1 aliphatic rings. The number of anilines is 1. The summed E-state index contributed by atoms with van der Waals surface area (Å²) in [5, 5.41) is 11.1. The number of nitrogens with zero attached hydrogens (tertiary/aromatic N) is 2. The molecule has 3 aromatic rings. The molecule has 0 bridgehead atoms. The highest BCUT2D eigenvalue weighted by Crippen LogP contribution is 2.43. The van der Waals surface area contributed by atoms with E-state index < -0.39 is 29.5 Å². The van der Waals surface area contributed by atoms with Crippen LogP contribution in [0.3, 0.4) is 0 Å². The number of carbonyl (C=O) groups is 3. The molecule has 1 unspecified atom stereocenters. The zero-order valence-electron chi connectivity index (χ0n) is 20.9. The van der Waals surface area contributed by atoms with Gasteiger partial charge in [-0.1, -0.05) is 72.5 Å². The Morgan fingerprint density at radius 2 is 1.87 bits per heavy atom. The fourth-order valence-corrected chi connectivity index (χ4v) is 4.96. The highest BCUT2D eigenvalue weighted by Gasteiger charge is 2.45. The van der Waals surface area contributed by atoms with Crippen molar-refractivity contribution in [2.24, 2.45) is 0 Å². The number of ketones is 1. The fraction of sp³-hybridized carbons (Fsp3) is 0.172. The molecule has 38 heavy (non-hydrogen) atoms. The van der Waals surface area contributed by atoms with Crippen LogP contribution < -0.4 is 9.64 Å². The first-order valence-electron chi connectivity index (χ1n) is 11.9. The fourth-order valence-electron chi connectivity index (χ4n) is 3.97. The van der Waals surface area contributed by atoms with Gasteiger partial charge in [0.2, 0.25) is 0 Å². The Morgan fingerprint density at radius 1 is 1.16 bits per heavy atom. The van der Waals surface area contributed by atoms with Crippen LogP contribution in [-0.4, -0.2) is 41.0 Å². The van der Waals surface area contributed by atoms with Crippen molar-refractivity contribution in [1.29, 1.82) is 0 Å². The Morgan fingerprint density at radius 3 is 2.53 bits per heavy atom. The summed E-state index contributed by atoms with van der Waals surface area (Å²) in [6, 6.07) is 15.1. The van der Waals surface area contributed by atoms with E-state index >= 15 is 0 Å². The van der Waals surface area contributed by atoms with Gasteiger partial charge in [0, 0.05) is 0 Å². The van der Waals surface area contributed by atoms with Gasteiger partial charge in [0.05, 0.1) is 23.9 Å². The summed E-state index contributed by atoms with van der Waals surface area (Å²) in [6.07, 6.45) is 4.56. The van der Waals surface area contributed by atoms with E-state index in [9.17, 15) is 19.5 Å². The minimum absolute atomic E-state index is 0.0903. The number of aryl methyl sites for hydroxylation is 1. The third kappa shape index (κ3) is 5.42. The van der Waals surface area contributed by atoms with Crippen molar-refractivity contribution >= 4 is 40.2 Å². The Labute approximate surface area is 224 Å². The molecular formula is C29H26N2O6S. The van der Waals surface area contributed by atoms with E-state index in [-0.39, 0.29) is 22.2 Å². The van der Waals surface area contributed by atoms with Gasteiger partial charge in [0.25, 0.3) is 5.91 Å². The molecule has 0 fully saturated rings. The van der Waals surface area contributed by atoms with Gasteiger partial charge < -0.3 is 14.6 Å². The maximum atomic E-state index is 13.4. The Hall–Kier alpha value is -4.50. The predicted octanol–water partition coefficient (Wildman–Crippen LogP) is 5.38. The lowest BCUT2D eigenvalue weighted by molar-refractivity contribution is -0.117. The minimum Gasteiger partial charge on any atom is -0.503 e. The van der Waals surface area contributed by atoms with Crippen LogP contribution in [0.5, 0.6) is 5.75 Å². The Kier molecular flexibility index (Phi) is 8.18. The van der Waals surface area contributed by atoms with Gasteiger partial charge >= 0.3 is 5.97 Å². The number of allylic oxidation sites excluding steroid dienone is 1. The number of hydrogen-bond acceptors (Lipinski definition) is 8. The number of carbonyl (C=O) groups excluding carboxylic acids is 3. The maximum absolute atomic E-state index is 13.4. The van der Waals surface area contributed by atoms with Crippen molar-refractivity contribution < 1.29 is 29.0 Å². The topological polar surface area (TPSA) is 106 Å². The summed E-state index contributed by atoms with van der Waals surface area (Å²) < 4.78 is 10.7. The number of hydrogen-bond donors (Lipinski definition) is 1. The monoisotopic (exact) mass is 530 g/mol. The highest BCUT2D eigenvalue weighted by molar-refractivity contribution is 7.17. The average Bonchev–Trinajstić information content (AvgIpc) is 3.43. The summed E-state index contributed by atoms with van der Waals surface area (Å²) >= 11 is 0.964. The van der Waals surface area contributed by atoms with Gasteiger partial charge in [-0.2, -0.15) is 0 Å². The van der Waals surface area contributed by atoms with E-state index in [1.807, 2.05) is 30.3 Å². The molecule has 8 nitrogen and oxygen atoms in total. The second-order valence-electron chi connectivity index (χ2n) is 8.25. The molecule has 0 radical (unpaired) electrons. The molecule has 1 amide bonds. The third-order valence-corrected chi connectivity index (χ3v) is 6.85. The van der Waals surface area contributed by atoms with Gasteiger partial charge in [0.1, 0.15) is 17.2 Å². The maximum Gasteiger partial charge on any atom is 0.350 e. The van der Waals surface area contributed by atoms with Crippen molar-refractivity contribution in [3.05, 3.63) is 106 Å². The zero-order chi connectivity index (χ0) is 27.2. The molecule has 1 N–H and O–H groups in total. The van der Waals surface area contributed by atoms with Gasteiger partial charge in [-0.3, -0.25) is 14.5 Å². The number of rotatable bonds is 10. The predicted molar refractivity (Wildman–Crippen MR) is 145 cm³/mol. The number of ether oxygens (including phenoxy) is 2. The van der Waals surface area contributed by atoms with Gasteiger partial charge in [0.15, 0.2) is 16.7 Å². The molecule has 1 aliphatic heterocycles. The van der Waals surface area contributed by atoms with Crippen LogP contribution in [0.25, 0.3) is 6.08 Å². The summed E-state index contributed by atoms with van der Waals surface area (Å²) in [7, 11) is 0. The normalized spacial score (nSPS) is 15.3. The molecule has 1 aromatic heterocycles. The number of benzene rings is 2. The van der Waals surface area contributed by atoms with Crippen molar-refractivity contribution in [2.75, 3.05) is 18.1 Å². The summed E-state index contributed by atoms with van der Waals surface area (Å²) in [4.78, 5) is 45.1. The molecule has 0 saturated heterocycles. The number of esters is 1. The smallest absolute Gasteiger partial charge is 0.350 e. The third-order valence-electron chi connectivity index (χ3n) is 5.72. The second-order valence-corrected chi connectivity index (χ2v) is 9.23. The second kappa shape index (κ2) is 11.7. The minimum atomic E-state index is -0.982. The van der Waals surface area contributed by atoms with Crippen molar-refractivity contribution in [3.63, 3.8) is 0 Å². The lowest BCUT2D eigenvalue weighted by Gasteiger charge is -2.24. The average molecular weight is 531 g/mol. The first-order valence-corrected chi connectivity index (χ1v) is 12.7. The molecule has 0 saturated carbocycles. The van der Waals surface area contributed by atoms with Crippen LogP contribution in [0.15, 0.2) is 84.7 Å². The van der Waals surface area contributed by atoms with Crippen LogP contribution in [0, 0.1) is 6.92 Å². The van der Waals surface area contributed by atoms with E-state index in [0.29, 0.717) is 23.6 Å². The highest BCUT2D eigenvalue weighted by atomic mass is 32.1. The lowest BCUT2D eigenvalue weighted by atomic mass is 9.95. The molecule has 0 aliphatic carbocycles. The first kappa shape index (κ1) is 26.6. The van der Waals surface area contributed by atoms with E-state index in [1.165, 1.54) is 11.0 Å². The Balaban J connectivity index is 1.77. The van der Waals surface area contributed by atoms with Crippen LogP contribution in [0.4, 0.5) is 5.13 Å². The van der Waals surface area contributed by atoms with Crippen molar-refractivity contribution in [2.45, 2.75) is 19.9 Å². The van der Waals surface area contributed by atoms with Crippen LogP contribution >= 0.6 is 11.3 Å². The van der Waals surface area contributed by atoms with Crippen LogP contribution in [-0.2, 0) is 14.3 Å². The molecule has 0 spiro atoms. The van der Waals surface area contributed by atoms with E-state index in [0.717, 1.165) is 16.9 Å². The Bertz CT molecular complexity index is 1420. The molecule has 1 atom stereocenters. The van der Waals surface area contributed by atoms with Crippen molar-refractivity contribution in [1.82, 2.24) is 4.98 Å². The van der Waals surface area contributed by atoms with Crippen LogP contribution in [0.1, 0.15) is 39.5 Å². The molecule has 9 heteroatoms. The summed E-state index contributed by atoms with van der Waals surface area (Å²) in [5.41, 5.74) is 1.63. The van der Waals surface area contributed by atoms with Gasteiger partial charge in [-0.15, -0.1) is 0 Å². The largest absolute Gasteiger partial charge is 0.503 e. The quantitative estimate of drug-likeness (QED) is 0.213. The number of amides is 1. The van der Waals surface area contributed by atoms with Gasteiger partial charge in [-0.25, -0.2) is 9.78 Å². The molecular weight excluding hydrogens is 504 g/mol. The zero-order valence-corrected chi connectivity index (χ0v) is 21.7. The van der Waals surface area contributed by atoms with Crippen molar-refractivity contribution in [3.8, 4) is 5.75 Å².